The molecule has 5 nitrogen and oxygen atoms in total. The standard InChI is InChI=1S/C27H29N3O2/c1-2-18-30(27(32)19-23-6-4-3-5-7-23)20-26(31)29-25-16-12-22(13-17-25)9-8-21-10-14-24(28)15-11-21/h3-17H,2,18-20,28H2,1H3,(H,29,31)/b9-8+. The van der Waals surface area contributed by atoms with E-state index in [0.717, 1.165) is 28.8 Å². The summed E-state index contributed by atoms with van der Waals surface area (Å²) in [6.07, 6.45) is 5.10. The fraction of sp³-hybridized carbons (Fsp3) is 0.185. The van der Waals surface area contributed by atoms with Crippen molar-refractivity contribution < 1.29 is 9.59 Å². The zero-order valence-corrected chi connectivity index (χ0v) is 18.3. The molecule has 0 unspecified atom stereocenters. The first-order valence-corrected chi connectivity index (χ1v) is 10.8. The average Bonchev–Trinajstić information content (AvgIpc) is 2.80. The second-order valence-corrected chi connectivity index (χ2v) is 7.65. The Bertz CT molecular complexity index is 1040. The third-order valence-corrected chi connectivity index (χ3v) is 4.98. The Hall–Kier alpha value is -3.86. The van der Waals surface area contributed by atoms with Gasteiger partial charge in [-0.05, 0) is 47.4 Å². The lowest BCUT2D eigenvalue weighted by Gasteiger charge is -2.21. The summed E-state index contributed by atoms with van der Waals surface area (Å²) in [6, 6.07) is 24.8. The smallest absolute Gasteiger partial charge is 0.243 e. The van der Waals surface area contributed by atoms with E-state index in [0.29, 0.717) is 18.7 Å². The zero-order chi connectivity index (χ0) is 22.8. The van der Waals surface area contributed by atoms with Gasteiger partial charge in [-0.25, -0.2) is 0 Å². The number of nitrogens with zero attached hydrogens (tertiary/aromatic N) is 1. The first kappa shape index (κ1) is 22.8. The van der Waals surface area contributed by atoms with Gasteiger partial charge in [0.25, 0.3) is 0 Å². The van der Waals surface area contributed by atoms with Crippen molar-refractivity contribution >= 4 is 35.3 Å². The summed E-state index contributed by atoms with van der Waals surface area (Å²) < 4.78 is 0. The minimum atomic E-state index is -0.204. The summed E-state index contributed by atoms with van der Waals surface area (Å²) in [4.78, 5) is 26.8. The topological polar surface area (TPSA) is 75.4 Å². The van der Waals surface area contributed by atoms with E-state index in [9.17, 15) is 9.59 Å². The lowest BCUT2D eigenvalue weighted by molar-refractivity contribution is -0.134. The number of benzene rings is 3. The first-order chi connectivity index (χ1) is 15.5. The van der Waals surface area contributed by atoms with Crippen molar-refractivity contribution in [3.63, 3.8) is 0 Å². The van der Waals surface area contributed by atoms with Gasteiger partial charge in [-0.15, -0.1) is 0 Å². The van der Waals surface area contributed by atoms with Crippen LogP contribution >= 0.6 is 0 Å². The van der Waals surface area contributed by atoms with Crippen LogP contribution in [0.3, 0.4) is 0 Å². The monoisotopic (exact) mass is 427 g/mol. The highest BCUT2D eigenvalue weighted by molar-refractivity contribution is 5.95. The Labute approximate surface area is 189 Å². The fourth-order valence-corrected chi connectivity index (χ4v) is 3.30. The van der Waals surface area contributed by atoms with Crippen molar-refractivity contribution in [2.75, 3.05) is 24.1 Å². The maximum Gasteiger partial charge on any atom is 0.243 e. The van der Waals surface area contributed by atoms with E-state index < -0.39 is 0 Å². The van der Waals surface area contributed by atoms with Gasteiger partial charge in [-0.1, -0.05) is 73.7 Å². The number of hydrogen-bond donors (Lipinski definition) is 2. The molecule has 0 atom stereocenters. The molecule has 3 N–H and O–H groups in total. The molecule has 3 aromatic carbocycles. The predicted octanol–water partition coefficient (Wildman–Crippen LogP) is 4.86. The number of hydrogen-bond acceptors (Lipinski definition) is 3. The molecule has 0 radical (unpaired) electrons. The molecule has 0 aromatic heterocycles. The van der Waals surface area contributed by atoms with E-state index in [-0.39, 0.29) is 18.4 Å². The number of nitrogens with one attached hydrogen (secondary N) is 1. The minimum Gasteiger partial charge on any atom is -0.399 e. The molecule has 164 valence electrons. The van der Waals surface area contributed by atoms with Crippen LogP contribution in [0.15, 0.2) is 78.9 Å². The first-order valence-electron chi connectivity index (χ1n) is 10.8. The summed E-state index contributed by atoms with van der Waals surface area (Å²) >= 11 is 0. The van der Waals surface area contributed by atoms with Crippen LogP contribution < -0.4 is 11.1 Å². The third-order valence-electron chi connectivity index (χ3n) is 4.98. The molecule has 3 aromatic rings. The highest BCUT2D eigenvalue weighted by Crippen LogP contribution is 2.14. The molecule has 0 heterocycles. The van der Waals surface area contributed by atoms with Gasteiger partial charge >= 0.3 is 0 Å². The van der Waals surface area contributed by atoms with Crippen molar-refractivity contribution in [3.8, 4) is 0 Å². The number of rotatable bonds is 9. The summed E-state index contributed by atoms with van der Waals surface area (Å²) in [5, 5.41) is 2.89. The SMILES string of the molecule is CCCN(CC(=O)Nc1ccc(/C=C/c2ccc(N)cc2)cc1)C(=O)Cc1ccccc1. The van der Waals surface area contributed by atoms with Crippen LogP contribution in [0.1, 0.15) is 30.0 Å². The molecule has 0 aliphatic rings. The quantitative estimate of drug-likeness (QED) is 0.378. The van der Waals surface area contributed by atoms with Gasteiger partial charge in [-0.3, -0.25) is 9.59 Å². The van der Waals surface area contributed by atoms with E-state index in [1.165, 1.54) is 0 Å². The molecule has 0 saturated carbocycles. The largest absolute Gasteiger partial charge is 0.399 e. The highest BCUT2D eigenvalue weighted by Gasteiger charge is 2.17. The van der Waals surface area contributed by atoms with E-state index in [4.69, 9.17) is 5.73 Å². The van der Waals surface area contributed by atoms with Crippen LogP contribution in [0.2, 0.25) is 0 Å². The van der Waals surface area contributed by atoms with Crippen LogP contribution in [-0.4, -0.2) is 29.8 Å². The molecule has 0 spiro atoms. The average molecular weight is 428 g/mol. The normalized spacial score (nSPS) is 10.8. The molecule has 32 heavy (non-hydrogen) atoms. The lowest BCUT2D eigenvalue weighted by atomic mass is 10.1. The molecular formula is C27H29N3O2. The summed E-state index contributed by atoms with van der Waals surface area (Å²) in [6.45, 7) is 2.59. The Kier molecular flexibility index (Phi) is 8.21. The van der Waals surface area contributed by atoms with Crippen molar-refractivity contribution in [2.24, 2.45) is 0 Å². The molecule has 0 aliphatic carbocycles. The van der Waals surface area contributed by atoms with E-state index >= 15 is 0 Å². The Balaban J connectivity index is 1.55. The predicted molar refractivity (Wildman–Crippen MR) is 132 cm³/mol. The molecular weight excluding hydrogens is 398 g/mol. The zero-order valence-electron chi connectivity index (χ0n) is 18.3. The van der Waals surface area contributed by atoms with E-state index in [1.54, 1.807) is 4.90 Å². The molecule has 0 fully saturated rings. The molecule has 0 aliphatic heterocycles. The summed E-state index contributed by atoms with van der Waals surface area (Å²) in [5.41, 5.74) is 10.2. The highest BCUT2D eigenvalue weighted by atomic mass is 16.2. The van der Waals surface area contributed by atoms with Crippen LogP contribution in [0.5, 0.6) is 0 Å². The van der Waals surface area contributed by atoms with Crippen LogP contribution in [-0.2, 0) is 16.0 Å². The molecule has 2 amide bonds. The number of nitrogen functional groups attached to an aromatic ring is 1. The van der Waals surface area contributed by atoms with Crippen molar-refractivity contribution in [1.82, 2.24) is 4.90 Å². The van der Waals surface area contributed by atoms with Gasteiger partial charge < -0.3 is 16.0 Å². The van der Waals surface area contributed by atoms with Crippen molar-refractivity contribution in [3.05, 3.63) is 95.6 Å². The number of amides is 2. The fourth-order valence-electron chi connectivity index (χ4n) is 3.30. The Morgan fingerprint density at radius 1 is 0.875 bits per heavy atom. The maximum atomic E-state index is 12.7. The number of carbonyl (C=O) groups is 2. The maximum absolute atomic E-state index is 12.7. The van der Waals surface area contributed by atoms with Crippen molar-refractivity contribution in [1.29, 1.82) is 0 Å². The molecule has 5 heteroatoms. The van der Waals surface area contributed by atoms with Gasteiger partial charge in [0, 0.05) is 17.9 Å². The number of nitrogens with two attached hydrogens (primary N) is 1. The van der Waals surface area contributed by atoms with Crippen LogP contribution in [0.25, 0.3) is 12.2 Å². The van der Waals surface area contributed by atoms with Gasteiger partial charge in [0.2, 0.25) is 11.8 Å². The summed E-state index contributed by atoms with van der Waals surface area (Å²) in [7, 11) is 0. The minimum absolute atomic E-state index is 0.0400. The van der Waals surface area contributed by atoms with E-state index in [1.807, 2.05) is 97.9 Å². The van der Waals surface area contributed by atoms with Crippen LogP contribution in [0.4, 0.5) is 11.4 Å². The van der Waals surface area contributed by atoms with Gasteiger partial charge in [0.1, 0.15) is 0 Å². The van der Waals surface area contributed by atoms with Crippen LogP contribution in [0, 0.1) is 0 Å². The van der Waals surface area contributed by atoms with E-state index in [2.05, 4.69) is 5.32 Å². The number of carbonyl (C=O) groups excluding carboxylic acids is 2. The van der Waals surface area contributed by atoms with Gasteiger partial charge in [0.15, 0.2) is 0 Å². The van der Waals surface area contributed by atoms with Crippen molar-refractivity contribution in [2.45, 2.75) is 19.8 Å². The molecule has 0 bridgehead atoms. The summed E-state index contributed by atoms with van der Waals surface area (Å²) in [5.74, 6) is -0.249. The number of anilines is 2. The second kappa shape index (κ2) is 11.5. The second-order valence-electron chi connectivity index (χ2n) is 7.65. The Morgan fingerprint density at radius 3 is 2.06 bits per heavy atom. The Morgan fingerprint density at radius 2 is 1.47 bits per heavy atom. The van der Waals surface area contributed by atoms with Gasteiger partial charge in [-0.2, -0.15) is 0 Å². The molecule has 0 saturated heterocycles. The lowest BCUT2D eigenvalue weighted by Crippen LogP contribution is -2.39. The third kappa shape index (κ3) is 7.13. The van der Waals surface area contributed by atoms with Gasteiger partial charge in [0.05, 0.1) is 13.0 Å². The molecule has 3 rings (SSSR count).